The number of anilines is 1. The van der Waals surface area contributed by atoms with Crippen molar-refractivity contribution in [2.45, 2.75) is 26.2 Å². The number of aryl methyl sites for hydroxylation is 1. The van der Waals surface area contributed by atoms with Gasteiger partial charge in [0.05, 0.1) is 13.0 Å². The number of rotatable bonds is 7. The second-order valence-corrected chi connectivity index (χ2v) is 7.46. The molecule has 0 saturated carbocycles. The first-order chi connectivity index (χ1) is 14.0. The first-order valence-electron chi connectivity index (χ1n) is 10.0. The molecule has 0 bridgehead atoms. The second kappa shape index (κ2) is 10.1. The maximum absolute atomic E-state index is 12.6. The second-order valence-electron chi connectivity index (χ2n) is 7.46. The van der Waals surface area contributed by atoms with E-state index in [1.54, 1.807) is 24.3 Å². The average Bonchev–Trinajstić information content (AvgIpc) is 2.74. The zero-order chi connectivity index (χ0) is 20.6. The summed E-state index contributed by atoms with van der Waals surface area (Å²) in [5.41, 5.74) is 2.37. The molecule has 3 rings (SSSR count). The molecule has 1 heterocycles. The van der Waals surface area contributed by atoms with E-state index < -0.39 is 0 Å². The van der Waals surface area contributed by atoms with E-state index in [0.717, 1.165) is 24.2 Å². The van der Waals surface area contributed by atoms with Crippen LogP contribution in [0, 0.1) is 12.8 Å². The number of likely N-dealkylation sites (tertiary alicyclic amines) is 1. The minimum atomic E-state index is -0.136. The summed E-state index contributed by atoms with van der Waals surface area (Å²) in [6, 6.07) is 14.7. The SMILES string of the molecule is Cc1cccc(OCCC(=O)Nc2ccc(C(=O)N3CCC(CO)CC3)cc2)c1. The van der Waals surface area contributed by atoms with Gasteiger partial charge in [-0.15, -0.1) is 0 Å². The number of benzene rings is 2. The van der Waals surface area contributed by atoms with Crippen molar-refractivity contribution in [1.82, 2.24) is 4.90 Å². The smallest absolute Gasteiger partial charge is 0.253 e. The lowest BCUT2D eigenvalue weighted by atomic mass is 9.97. The highest BCUT2D eigenvalue weighted by Gasteiger charge is 2.23. The molecular formula is C23H28N2O4. The van der Waals surface area contributed by atoms with E-state index in [-0.39, 0.29) is 24.8 Å². The van der Waals surface area contributed by atoms with Crippen LogP contribution in [-0.2, 0) is 4.79 Å². The maximum Gasteiger partial charge on any atom is 0.253 e. The fraction of sp³-hybridized carbons (Fsp3) is 0.391. The molecule has 0 spiro atoms. The third-order valence-electron chi connectivity index (χ3n) is 5.16. The number of nitrogens with one attached hydrogen (secondary N) is 1. The van der Waals surface area contributed by atoms with Crippen LogP contribution in [0.1, 0.15) is 35.2 Å². The third-order valence-corrected chi connectivity index (χ3v) is 5.16. The van der Waals surface area contributed by atoms with Crippen molar-refractivity contribution in [3.05, 3.63) is 59.7 Å². The van der Waals surface area contributed by atoms with Crippen molar-refractivity contribution in [1.29, 1.82) is 0 Å². The van der Waals surface area contributed by atoms with Gasteiger partial charge in [0.15, 0.2) is 0 Å². The highest BCUT2D eigenvalue weighted by molar-refractivity contribution is 5.95. The Morgan fingerprint density at radius 2 is 1.86 bits per heavy atom. The van der Waals surface area contributed by atoms with Gasteiger partial charge in [-0.05, 0) is 67.6 Å². The first-order valence-corrected chi connectivity index (χ1v) is 10.0. The fourth-order valence-electron chi connectivity index (χ4n) is 3.39. The number of nitrogens with zero attached hydrogens (tertiary/aromatic N) is 1. The Labute approximate surface area is 171 Å². The highest BCUT2D eigenvalue weighted by atomic mass is 16.5. The number of hydrogen-bond acceptors (Lipinski definition) is 4. The van der Waals surface area contributed by atoms with Gasteiger partial charge in [-0.25, -0.2) is 0 Å². The topological polar surface area (TPSA) is 78.9 Å². The van der Waals surface area contributed by atoms with Crippen LogP contribution >= 0.6 is 0 Å². The summed E-state index contributed by atoms with van der Waals surface area (Å²) in [5.74, 6) is 0.906. The Kier molecular flexibility index (Phi) is 7.25. The average molecular weight is 396 g/mol. The summed E-state index contributed by atoms with van der Waals surface area (Å²) >= 11 is 0. The van der Waals surface area contributed by atoms with Gasteiger partial charge in [-0.3, -0.25) is 9.59 Å². The summed E-state index contributed by atoms with van der Waals surface area (Å²) in [5, 5.41) is 12.0. The number of carbonyl (C=O) groups excluding carboxylic acids is 2. The molecule has 154 valence electrons. The van der Waals surface area contributed by atoms with Gasteiger partial charge in [0.25, 0.3) is 5.91 Å². The van der Waals surface area contributed by atoms with Crippen LogP contribution in [0.5, 0.6) is 5.75 Å². The number of ether oxygens (including phenoxy) is 1. The summed E-state index contributed by atoms with van der Waals surface area (Å²) in [6.07, 6.45) is 1.91. The number of amides is 2. The van der Waals surface area contributed by atoms with Gasteiger partial charge in [0.1, 0.15) is 5.75 Å². The highest BCUT2D eigenvalue weighted by Crippen LogP contribution is 2.19. The van der Waals surface area contributed by atoms with Crippen molar-refractivity contribution >= 4 is 17.5 Å². The molecule has 0 aromatic heterocycles. The van der Waals surface area contributed by atoms with Crippen molar-refractivity contribution in [2.75, 3.05) is 31.6 Å². The van der Waals surface area contributed by atoms with E-state index in [9.17, 15) is 14.7 Å². The predicted octanol–water partition coefficient (Wildman–Crippen LogP) is 3.25. The molecule has 6 heteroatoms. The lowest BCUT2D eigenvalue weighted by molar-refractivity contribution is -0.116. The molecule has 1 fully saturated rings. The van der Waals surface area contributed by atoms with Crippen LogP contribution in [0.4, 0.5) is 5.69 Å². The summed E-state index contributed by atoms with van der Waals surface area (Å²) in [4.78, 5) is 26.5. The van der Waals surface area contributed by atoms with E-state index in [4.69, 9.17) is 4.74 Å². The van der Waals surface area contributed by atoms with Gasteiger partial charge in [0, 0.05) is 30.9 Å². The Morgan fingerprint density at radius 3 is 2.52 bits per heavy atom. The Balaban J connectivity index is 1.44. The summed E-state index contributed by atoms with van der Waals surface area (Å²) in [7, 11) is 0. The van der Waals surface area contributed by atoms with Gasteiger partial charge in [-0.2, -0.15) is 0 Å². The molecule has 2 aromatic rings. The molecule has 6 nitrogen and oxygen atoms in total. The largest absolute Gasteiger partial charge is 0.493 e. The molecule has 2 N–H and O–H groups in total. The van der Waals surface area contributed by atoms with Crippen LogP contribution in [0.25, 0.3) is 0 Å². The fourth-order valence-corrected chi connectivity index (χ4v) is 3.39. The molecule has 2 aromatic carbocycles. The molecule has 1 aliphatic rings. The number of aliphatic hydroxyl groups excluding tert-OH is 1. The number of hydrogen-bond donors (Lipinski definition) is 2. The van der Waals surface area contributed by atoms with Crippen molar-refractivity contribution < 1.29 is 19.4 Å². The van der Waals surface area contributed by atoms with Crippen LogP contribution in [0.3, 0.4) is 0 Å². The predicted molar refractivity (Wildman–Crippen MR) is 112 cm³/mol. The Hall–Kier alpha value is -2.86. The molecule has 0 atom stereocenters. The lowest BCUT2D eigenvalue weighted by Gasteiger charge is -2.31. The van der Waals surface area contributed by atoms with E-state index in [0.29, 0.717) is 36.9 Å². The third kappa shape index (κ3) is 6.06. The lowest BCUT2D eigenvalue weighted by Crippen LogP contribution is -2.39. The van der Waals surface area contributed by atoms with E-state index in [1.807, 2.05) is 36.1 Å². The molecule has 2 amide bonds. The van der Waals surface area contributed by atoms with Gasteiger partial charge in [0.2, 0.25) is 5.91 Å². The standard InChI is InChI=1S/C23H28N2O4/c1-17-3-2-4-21(15-17)29-14-11-22(27)24-20-7-5-19(6-8-20)23(28)25-12-9-18(16-26)10-13-25/h2-8,15,18,26H,9-14,16H2,1H3,(H,24,27). The normalized spacial score (nSPS) is 14.5. The molecule has 1 saturated heterocycles. The maximum atomic E-state index is 12.6. The van der Waals surface area contributed by atoms with Gasteiger partial charge >= 0.3 is 0 Å². The molecular weight excluding hydrogens is 368 g/mol. The molecule has 0 aliphatic carbocycles. The van der Waals surface area contributed by atoms with Crippen molar-refractivity contribution in [3.8, 4) is 5.75 Å². The monoisotopic (exact) mass is 396 g/mol. The van der Waals surface area contributed by atoms with Crippen LogP contribution in [0.2, 0.25) is 0 Å². The van der Waals surface area contributed by atoms with Crippen LogP contribution in [-0.4, -0.2) is 48.1 Å². The number of piperidine rings is 1. The van der Waals surface area contributed by atoms with Crippen molar-refractivity contribution in [2.24, 2.45) is 5.92 Å². The minimum absolute atomic E-state index is 0.00850. The van der Waals surface area contributed by atoms with E-state index >= 15 is 0 Å². The number of carbonyl (C=O) groups is 2. The summed E-state index contributed by atoms with van der Waals surface area (Å²) < 4.78 is 5.60. The molecule has 0 unspecified atom stereocenters. The van der Waals surface area contributed by atoms with Crippen LogP contribution in [0.15, 0.2) is 48.5 Å². The Bertz CT molecular complexity index is 827. The number of aliphatic hydroxyl groups is 1. The summed E-state index contributed by atoms with van der Waals surface area (Å²) in [6.45, 7) is 3.82. The molecule has 0 radical (unpaired) electrons. The van der Waals surface area contributed by atoms with E-state index in [1.165, 1.54) is 0 Å². The Morgan fingerprint density at radius 1 is 1.14 bits per heavy atom. The van der Waals surface area contributed by atoms with E-state index in [2.05, 4.69) is 5.32 Å². The zero-order valence-electron chi connectivity index (χ0n) is 16.8. The first kappa shape index (κ1) is 20.9. The van der Waals surface area contributed by atoms with Crippen molar-refractivity contribution in [3.63, 3.8) is 0 Å². The van der Waals surface area contributed by atoms with Gasteiger partial charge in [-0.1, -0.05) is 12.1 Å². The quantitative estimate of drug-likeness (QED) is 0.753. The zero-order valence-corrected chi connectivity index (χ0v) is 16.8. The molecule has 1 aliphatic heterocycles. The molecule has 29 heavy (non-hydrogen) atoms. The van der Waals surface area contributed by atoms with Gasteiger partial charge < -0.3 is 20.1 Å². The minimum Gasteiger partial charge on any atom is -0.493 e. The van der Waals surface area contributed by atoms with Crippen LogP contribution < -0.4 is 10.1 Å².